The number of carbonyl (C=O) groups excluding carboxylic acids is 1. The lowest BCUT2D eigenvalue weighted by Crippen LogP contribution is -2.39. The van der Waals surface area contributed by atoms with Crippen LogP contribution in [0.1, 0.15) is 71.1 Å². The average Bonchev–Trinajstić information content (AvgIpc) is 2.34. The number of rotatable bonds is 12. The van der Waals surface area contributed by atoms with E-state index in [9.17, 15) is 13.2 Å². The average molecular weight is 306 g/mol. The van der Waals surface area contributed by atoms with Gasteiger partial charge in [-0.3, -0.25) is 0 Å². The molecule has 0 unspecified atom stereocenters. The minimum atomic E-state index is -3.45. The molecule has 0 aromatic heterocycles. The molecule has 0 aliphatic rings. The summed E-state index contributed by atoms with van der Waals surface area (Å²) in [6.07, 6.45) is 13.3. The molecule has 2 amide bonds. The van der Waals surface area contributed by atoms with Gasteiger partial charge in [0, 0.05) is 6.54 Å². The molecule has 0 heterocycles. The zero-order valence-electron chi connectivity index (χ0n) is 12.9. The second-order valence-corrected chi connectivity index (χ2v) is 7.06. The molecule has 0 fully saturated rings. The normalized spacial score (nSPS) is 11.3. The van der Waals surface area contributed by atoms with Crippen LogP contribution in [0.3, 0.4) is 0 Å². The SMILES string of the molecule is CCCCCCCCCCCCNC(=O)NS(C)(=O)=O. The Morgan fingerprint density at radius 2 is 1.30 bits per heavy atom. The molecule has 0 aliphatic heterocycles. The fraction of sp³-hybridized carbons (Fsp3) is 0.929. The van der Waals surface area contributed by atoms with E-state index in [4.69, 9.17) is 0 Å². The van der Waals surface area contributed by atoms with E-state index in [1.807, 2.05) is 4.72 Å². The first kappa shape index (κ1) is 19.2. The van der Waals surface area contributed by atoms with Crippen LogP contribution in [0.15, 0.2) is 0 Å². The number of hydrogen-bond acceptors (Lipinski definition) is 3. The van der Waals surface area contributed by atoms with Crippen molar-refractivity contribution in [3.05, 3.63) is 0 Å². The number of carbonyl (C=O) groups is 1. The van der Waals surface area contributed by atoms with Crippen molar-refractivity contribution < 1.29 is 13.2 Å². The molecule has 5 nitrogen and oxygen atoms in total. The quantitative estimate of drug-likeness (QED) is 0.544. The number of sulfonamides is 1. The first-order chi connectivity index (χ1) is 9.45. The van der Waals surface area contributed by atoms with Gasteiger partial charge < -0.3 is 5.32 Å². The van der Waals surface area contributed by atoms with Crippen molar-refractivity contribution in [2.24, 2.45) is 0 Å². The van der Waals surface area contributed by atoms with E-state index in [0.717, 1.165) is 19.1 Å². The summed E-state index contributed by atoms with van der Waals surface area (Å²) in [5.74, 6) is 0. The molecule has 0 atom stereocenters. The number of hydrogen-bond donors (Lipinski definition) is 2. The van der Waals surface area contributed by atoms with Gasteiger partial charge in [0.2, 0.25) is 10.0 Å². The molecule has 0 spiro atoms. The third-order valence-electron chi connectivity index (χ3n) is 3.09. The highest BCUT2D eigenvalue weighted by molar-refractivity contribution is 7.89. The smallest absolute Gasteiger partial charge is 0.328 e. The molecule has 0 saturated heterocycles. The lowest BCUT2D eigenvalue weighted by molar-refractivity contribution is 0.245. The van der Waals surface area contributed by atoms with Gasteiger partial charge in [-0.1, -0.05) is 64.7 Å². The molecule has 2 N–H and O–H groups in total. The number of urea groups is 1. The minimum absolute atomic E-state index is 0.526. The van der Waals surface area contributed by atoms with Crippen LogP contribution in [0, 0.1) is 0 Å². The van der Waals surface area contributed by atoms with Gasteiger partial charge in [-0.05, 0) is 6.42 Å². The number of amides is 2. The molecule has 0 bridgehead atoms. The summed E-state index contributed by atoms with van der Waals surface area (Å²) in [7, 11) is -3.45. The van der Waals surface area contributed by atoms with Gasteiger partial charge in [-0.25, -0.2) is 17.9 Å². The van der Waals surface area contributed by atoms with E-state index in [1.165, 1.54) is 51.4 Å². The van der Waals surface area contributed by atoms with Crippen LogP contribution < -0.4 is 10.0 Å². The predicted octanol–water partition coefficient (Wildman–Crippen LogP) is 3.17. The van der Waals surface area contributed by atoms with E-state index in [1.54, 1.807) is 0 Å². The van der Waals surface area contributed by atoms with Gasteiger partial charge in [0.1, 0.15) is 0 Å². The lowest BCUT2D eigenvalue weighted by Gasteiger charge is -2.06. The fourth-order valence-corrected chi connectivity index (χ4v) is 2.43. The summed E-state index contributed by atoms with van der Waals surface area (Å²) in [4.78, 5) is 11.1. The maximum atomic E-state index is 11.1. The van der Waals surface area contributed by atoms with Gasteiger partial charge in [0.25, 0.3) is 0 Å². The van der Waals surface area contributed by atoms with E-state index in [0.29, 0.717) is 6.54 Å². The Bertz CT molecular complexity index is 342. The van der Waals surface area contributed by atoms with Crippen LogP contribution in [0.5, 0.6) is 0 Å². The highest BCUT2D eigenvalue weighted by atomic mass is 32.2. The highest BCUT2D eigenvalue weighted by Crippen LogP contribution is 2.10. The minimum Gasteiger partial charge on any atom is -0.337 e. The maximum absolute atomic E-state index is 11.1. The summed E-state index contributed by atoms with van der Waals surface area (Å²) >= 11 is 0. The summed E-state index contributed by atoms with van der Waals surface area (Å²) in [6.45, 7) is 2.75. The van der Waals surface area contributed by atoms with Gasteiger partial charge in [0.15, 0.2) is 0 Å². The Morgan fingerprint density at radius 1 is 0.850 bits per heavy atom. The Hall–Kier alpha value is -0.780. The zero-order chi connectivity index (χ0) is 15.3. The second kappa shape index (κ2) is 12.0. The van der Waals surface area contributed by atoms with Crippen molar-refractivity contribution in [2.75, 3.05) is 12.8 Å². The Morgan fingerprint density at radius 3 is 1.75 bits per heavy atom. The molecule has 6 heteroatoms. The molecule has 0 radical (unpaired) electrons. The third-order valence-corrected chi connectivity index (χ3v) is 3.65. The van der Waals surface area contributed by atoms with Crippen LogP contribution in [0.2, 0.25) is 0 Å². The molecule has 0 rings (SSSR count). The standard InChI is InChI=1S/C14H30N2O3S/c1-3-4-5-6-7-8-9-10-11-12-13-15-14(17)16-20(2,18)19/h3-13H2,1-2H3,(H2,15,16,17). The Kier molecular flexibility index (Phi) is 11.5. The van der Waals surface area contributed by atoms with E-state index < -0.39 is 16.1 Å². The topological polar surface area (TPSA) is 75.3 Å². The number of nitrogens with one attached hydrogen (secondary N) is 2. The predicted molar refractivity (Wildman–Crippen MR) is 83.2 cm³/mol. The lowest BCUT2D eigenvalue weighted by atomic mass is 10.1. The van der Waals surface area contributed by atoms with Crippen molar-refractivity contribution in [3.8, 4) is 0 Å². The third kappa shape index (κ3) is 15.3. The first-order valence-corrected chi connectivity index (χ1v) is 9.60. The first-order valence-electron chi connectivity index (χ1n) is 7.71. The van der Waals surface area contributed by atoms with Crippen LogP contribution >= 0.6 is 0 Å². The maximum Gasteiger partial charge on any atom is 0.328 e. The largest absolute Gasteiger partial charge is 0.337 e. The van der Waals surface area contributed by atoms with Crippen LogP contribution in [0.25, 0.3) is 0 Å². The molecular formula is C14H30N2O3S. The zero-order valence-corrected chi connectivity index (χ0v) is 13.7. The molecule has 0 aromatic rings. The van der Waals surface area contributed by atoms with E-state index in [-0.39, 0.29) is 0 Å². The van der Waals surface area contributed by atoms with Crippen molar-refractivity contribution in [3.63, 3.8) is 0 Å². The van der Waals surface area contributed by atoms with Crippen LogP contribution in [-0.4, -0.2) is 27.2 Å². The Labute approximate surface area is 124 Å². The van der Waals surface area contributed by atoms with Crippen molar-refractivity contribution in [2.45, 2.75) is 71.1 Å². The fourth-order valence-electron chi connectivity index (χ4n) is 2.02. The molecule has 0 aromatic carbocycles. The molecule has 120 valence electrons. The monoisotopic (exact) mass is 306 g/mol. The van der Waals surface area contributed by atoms with Crippen LogP contribution in [-0.2, 0) is 10.0 Å². The highest BCUT2D eigenvalue weighted by Gasteiger charge is 2.06. The van der Waals surface area contributed by atoms with Gasteiger partial charge in [0.05, 0.1) is 6.26 Å². The second-order valence-electron chi connectivity index (χ2n) is 5.31. The summed E-state index contributed by atoms with van der Waals surface area (Å²) in [5.41, 5.74) is 0. The number of unbranched alkanes of at least 4 members (excludes halogenated alkanes) is 9. The van der Waals surface area contributed by atoms with Crippen molar-refractivity contribution >= 4 is 16.1 Å². The molecule has 0 aliphatic carbocycles. The molecular weight excluding hydrogens is 276 g/mol. The molecule has 0 saturated carbocycles. The van der Waals surface area contributed by atoms with Crippen LogP contribution in [0.4, 0.5) is 4.79 Å². The van der Waals surface area contributed by atoms with Crippen molar-refractivity contribution in [1.82, 2.24) is 10.0 Å². The van der Waals surface area contributed by atoms with Gasteiger partial charge in [-0.15, -0.1) is 0 Å². The van der Waals surface area contributed by atoms with Gasteiger partial charge in [-0.2, -0.15) is 0 Å². The Balaban J connectivity index is 3.23. The van der Waals surface area contributed by atoms with Crippen molar-refractivity contribution in [1.29, 1.82) is 0 Å². The summed E-state index contributed by atoms with van der Waals surface area (Å²) < 4.78 is 23.4. The van der Waals surface area contributed by atoms with E-state index >= 15 is 0 Å². The van der Waals surface area contributed by atoms with E-state index in [2.05, 4.69) is 12.2 Å². The summed E-state index contributed by atoms with van der Waals surface area (Å²) in [5, 5.41) is 2.54. The molecule has 20 heavy (non-hydrogen) atoms. The van der Waals surface area contributed by atoms with Gasteiger partial charge >= 0.3 is 6.03 Å². The summed E-state index contributed by atoms with van der Waals surface area (Å²) in [6, 6.07) is -0.636.